The summed E-state index contributed by atoms with van der Waals surface area (Å²) in [6.45, 7) is 0.966. The number of hydrogen-bond acceptors (Lipinski definition) is 6. The molecule has 1 aliphatic heterocycles. The number of carboxylic acid groups (broad SMARTS) is 1. The summed E-state index contributed by atoms with van der Waals surface area (Å²) in [5.74, 6) is 0.897. The van der Waals surface area contributed by atoms with Crippen LogP contribution in [0, 0.1) is 0 Å². The van der Waals surface area contributed by atoms with Crippen molar-refractivity contribution in [2.45, 2.75) is 12.8 Å². The fourth-order valence-electron chi connectivity index (χ4n) is 1.92. The van der Waals surface area contributed by atoms with Gasteiger partial charge in [0.15, 0.2) is 11.5 Å². The number of nitrogens with zero attached hydrogens (tertiary/aromatic N) is 2. The van der Waals surface area contributed by atoms with Gasteiger partial charge in [0.1, 0.15) is 13.2 Å². The van der Waals surface area contributed by atoms with Gasteiger partial charge in [-0.15, -0.1) is 10.2 Å². The molecule has 20 heavy (non-hydrogen) atoms. The van der Waals surface area contributed by atoms with Gasteiger partial charge in [0, 0.05) is 6.42 Å². The lowest BCUT2D eigenvalue weighted by molar-refractivity contribution is -0.137. The van der Waals surface area contributed by atoms with Crippen LogP contribution in [-0.4, -0.2) is 34.5 Å². The van der Waals surface area contributed by atoms with Gasteiger partial charge in [0.25, 0.3) is 5.89 Å². The smallest absolute Gasteiger partial charge is 0.303 e. The average Bonchev–Trinajstić information content (AvgIpc) is 2.93. The number of rotatable bonds is 4. The van der Waals surface area contributed by atoms with E-state index in [1.807, 2.05) is 6.07 Å². The van der Waals surface area contributed by atoms with Gasteiger partial charge in [-0.2, -0.15) is 0 Å². The highest BCUT2D eigenvalue weighted by molar-refractivity contribution is 5.68. The molecule has 0 bridgehead atoms. The minimum Gasteiger partial charge on any atom is -0.486 e. The molecule has 7 heteroatoms. The Bertz CT molecular complexity index is 637. The number of para-hydroxylation sites is 1. The molecule has 1 aromatic heterocycles. The Morgan fingerprint density at radius 2 is 2.10 bits per heavy atom. The Hall–Kier alpha value is -2.57. The minimum atomic E-state index is -0.904. The highest BCUT2D eigenvalue weighted by atomic mass is 16.6. The maximum atomic E-state index is 10.5. The molecule has 3 rings (SSSR count). The van der Waals surface area contributed by atoms with Crippen LogP contribution in [0.2, 0.25) is 0 Å². The van der Waals surface area contributed by atoms with Crippen molar-refractivity contribution in [2.24, 2.45) is 0 Å². The number of carboxylic acids is 1. The summed E-state index contributed by atoms with van der Waals surface area (Å²) in [6.07, 6.45) is 0.156. The van der Waals surface area contributed by atoms with E-state index in [1.165, 1.54) is 0 Å². The number of carbonyl (C=O) groups is 1. The summed E-state index contributed by atoms with van der Waals surface area (Å²) in [5, 5.41) is 16.4. The summed E-state index contributed by atoms with van der Waals surface area (Å²) in [7, 11) is 0. The lowest BCUT2D eigenvalue weighted by Crippen LogP contribution is -2.15. The van der Waals surface area contributed by atoms with Crippen LogP contribution in [0.25, 0.3) is 11.5 Å². The number of aliphatic carboxylic acids is 1. The van der Waals surface area contributed by atoms with Crippen LogP contribution >= 0.6 is 0 Å². The predicted molar refractivity (Wildman–Crippen MR) is 66.7 cm³/mol. The lowest BCUT2D eigenvalue weighted by atomic mass is 10.2. The van der Waals surface area contributed by atoms with E-state index in [4.69, 9.17) is 19.0 Å². The van der Waals surface area contributed by atoms with E-state index in [2.05, 4.69) is 10.2 Å². The highest BCUT2D eigenvalue weighted by Gasteiger charge is 2.20. The van der Waals surface area contributed by atoms with Gasteiger partial charge in [0.05, 0.1) is 12.0 Å². The van der Waals surface area contributed by atoms with Gasteiger partial charge >= 0.3 is 5.97 Å². The first-order valence-electron chi connectivity index (χ1n) is 6.17. The van der Waals surface area contributed by atoms with Gasteiger partial charge in [-0.05, 0) is 12.1 Å². The third-order valence-electron chi connectivity index (χ3n) is 2.82. The third kappa shape index (κ3) is 2.42. The summed E-state index contributed by atoms with van der Waals surface area (Å²) in [5.41, 5.74) is 0.649. The molecule has 0 spiro atoms. The average molecular weight is 276 g/mol. The quantitative estimate of drug-likeness (QED) is 0.904. The van der Waals surface area contributed by atoms with E-state index >= 15 is 0 Å². The second-order valence-electron chi connectivity index (χ2n) is 4.22. The number of hydrogen-bond donors (Lipinski definition) is 1. The third-order valence-corrected chi connectivity index (χ3v) is 2.82. The topological polar surface area (TPSA) is 94.7 Å². The van der Waals surface area contributed by atoms with Crippen LogP contribution in [0.3, 0.4) is 0 Å². The maximum absolute atomic E-state index is 10.5. The van der Waals surface area contributed by atoms with Crippen molar-refractivity contribution < 1.29 is 23.8 Å². The molecule has 0 atom stereocenters. The first kappa shape index (κ1) is 12.5. The highest BCUT2D eigenvalue weighted by Crippen LogP contribution is 2.39. The number of aryl methyl sites for hydroxylation is 1. The molecule has 2 aromatic rings. The standard InChI is InChI=1S/C13H12N2O5/c16-11(17)5-4-10-14-15-13(20-10)8-2-1-3-9-12(8)19-7-6-18-9/h1-3H,4-7H2,(H,16,17). The first-order chi connectivity index (χ1) is 9.74. The molecule has 1 aromatic carbocycles. The molecule has 0 fully saturated rings. The van der Waals surface area contributed by atoms with E-state index in [-0.39, 0.29) is 18.7 Å². The van der Waals surface area contributed by atoms with E-state index < -0.39 is 5.97 Å². The van der Waals surface area contributed by atoms with E-state index in [9.17, 15) is 4.79 Å². The molecular weight excluding hydrogens is 264 g/mol. The number of ether oxygens (including phenoxy) is 2. The van der Waals surface area contributed by atoms with Gasteiger partial charge in [-0.1, -0.05) is 6.07 Å². The number of fused-ring (bicyclic) bond motifs is 1. The Labute approximate surface area is 114 Å². The summed E-state index contributed by atoms with van der Waals surface area (Å²) in [4.78, 5) is 10.5. The fraction of sp³-hybridized carbons (Fsp3) is 0.308. The second-order valence-corrected chi connectivity index (χ2v) is 4.22. The Balaban J connectivity index is 1.88. The van der Waals surface area contributed by atoms with Crippen molar-refractivity contribution >= 4 is 5.97 Å². The van der Waals surface area contributed by atoms with Gasteiger partial charge in [-0.25, -0.2) is 0 Å². The van der Waals surface area contributed by atoms with Crippen LogP contribution < -0.4 is 9.47 Å². The molecule has 7 nitrogen and oxygen atoms in total. The van der Waals surface area contributed by atoms with Crippen LogP contribution in [0.15, 0.2) is 22.6 Å². The van der Waals surface area contributed by atoms with Gasteiger partial charge < -0.3 is 19.0 Å². The van der Waals surface area contributed by atoms with E-state index in [1.54, 1.807) is 12.1 Å². The predicted octanol–water partition coefficient (Wildman–Crippen LogP) is 1.52. The molecule has 1 aliphatic rings. The Kier molecular flexibility index (Phi) is 3.24. The molecule has 0 unspecified atom stereocenters. The Morgan fingerprint density at radius 1 is 1.25 bits per heavy atom. The van der Waals surface area contributed by atoms with Crippen molar-refractivity contribution in [2.75, 3.05) is 13.2 Å². The molecule has 0 saturated heterocycles. The van der Waals surface area contributed by atoms with Crippen molar-refractivity contribution in [1.29, 1.82) is 0 Å². The molecule has 2 heterocycles. The normalized spacial score (nSPS) is 13.2. The van der Waals surface area contributed by atoms with Crippen molar-refractivity contribution in [3.63, 3.8) is 0 Å². The van der Waals surface area contributed by atoms with E-state index in [0.717, 1.165) is 0 Å². The van der Waals surface area contributed by atoms with Gasteiger partial charge in [0.2, 0.25) is 5.89 Å². The number of benzene rings is 1. The minimum absolute atomic E-state index is 0.0475. The van der Waals surface area contributed by atoms with Gasteiger partial charge in [-0.3, -0.25) is 4.79 Å². The van der Waals surface area contributed by atoms with Crippen molar-refractivity contribution in [3.05, 3.63) is 24.1 Å². The SMILES string of the molecule is O=C(O)CCc1nnc(-c2cccc3c2OCCO3)o1. The zero-order valence-electron chi connectivity index (χ0n) is 10.5. The monoisotopic (exact) mass is 276 g/mol. The number of aromatic nitrogens is 2. The largest absolute Gasteiger partial charge is 0.486 e. The molecule has 0 radical (unpaired) electrons. The summed E-state index contributed by atoms with van der Waals surface area (Å²) >= 11 is 0. The second kappa shape index (κ2) is 5.20. The summed E-state index contributed by atoms with van der Waals surface area (Å²) in [6, 6.07) is 5.41. The first-order valence-corrected chi connectivity index (χ1v) is 6.17. The molecular formula is C13H12N2O5. The molecule has 0 aliphatic carbocycles. The summed E-state index contributed by atoms with van der Waals surface area (Å²) < 4.78 is 16.5. The molecule has 0 amide bonds. The Morgan fingerprint density at radius 3 is 2.95 bits per heavy atom. The zero-order valence-corrected chi connectivity index (χ0v) is 10.5. The van der Waals surface area contributed by atoms with Crippen LogP contribution in [-0.2, 0) is 11.2 Å². The van der Waals surface area contributed by atoms with E-state index in [0.29, 0.717) is 36.2 Å². The molecule has 0 saturated carbocycles. The zero-order chi connectivity index (χ0) is 13.9. The van der Waals surface area contributed by atoms with Crippen LogP contribution in [0.1, 0.15) is 12.3 Å². The maximum Gasteiger partial charge on any atom is 0.303 e. The van der Waals surface area contributed by atoms with Crippen LogP contribution in [0.5, 0.6) is 11.5 Å². The molecule has 104 valence electrons. The van der Waals surface area contributed by atoms with Crippen molar-refractivity contribution in [3.8, 4) is 23.0 Å². The molecule has 1 N–H and O–H groups in total. The lowest BCUT2D eigenvalue weighted by Gasteiger charge is -2.19. The van der Waals surface area contributed by atoms with Crippen LogP contribution in [0.4, 0.5) is 0 Å². The fourth-order valence-corrected chi connectivity index (χ4v) is 1.92. The van der Waals surface area contributed by atoms with Crippen molar-refractivity contribution in [1.82, 2.24) is 10.2 Å².